The van der Waals surface area contributed by atoms with Gasteiger partial charge in [-0.25, -0.2) is 4.98 Å². The van der Waals surface area contributed by atoms with E-state index in [1.54, 1.807) is 11.0 Å². The van der Waals surface area contributed by atoms with Gasteiger partial charge in [0.25, 0.3) is 5.91 Å². The van der Waals surface area contributed by atoms with Crippen LogP contribution < -0.4 is 5.73 Å². The van der Waals surface area contributed by atoms with Gasteiger partial charge in [-0.3, -0.25) is 4.79 Å². The molecular formula is C14H17N3OS. The van der Waals surface area contributed by atoms with E-state index in [4.69, 9.17) is 5.73 Å². The van der Waals surface area contributed by atoms with Crippen molar-refractivity contribution in [3.63, 3.8) is 0 Å². The Morgan fingerprint density at radius 3 is 2.95 bits per heavy atom. The number of anilines is 1. The number of amides is 1. The number of carbonyl (C=O) groups excluding carboxylic acids is 1. The van der Waals surface area contributed by atoms with Gasteiger partial charge in [-0.05, 0) is 26.0 Å². The van der Waals surface area contributed by atoms with Crippen molar-refractivity contribution in [1.82, 2.24) is 9.88 Å². The molecule has 2 heterocycles. The van der Waals surface area contributed by atoms with Gasteiger partial charge >= 0.3 is 0 Å². The third kappa shape index (κ3) is 2.46. The van der Waals surface area contributed by atoms with Crippen LogP contribution in [0.1, 0.15) is 22.3 Å². The highest BCUT2D eigenvalue weighted by atomic mass is 32.1. The minimum atomic E-state index is -0.0550. The van der Waals surface area contributed by atoms with E-state index in [0.29, 0.717) is 23.7 Å². The molecule has 0 aliphatic rings. The van der Waals surface area contributed by atoms with Gasteiger partial charge in [0.15, 0.2) is 0 Å². The molecule has 4 nitrogen and oxygen atoms in total. The van der Waals surface area contributed by atoms with Crippen LogP contribution in [0.25, 0.3) is 10.2 Å². The maximum atomic E-state index is 12.4. The number of nitrogens with two attached hydrogens (primary N) is 1. The fraction of sp³-hybridized carbons (Fsp3) is 0.286. The first kappa shape index (κ1) is 13.5. The van der Waals surface area contributed by atoms with E-state index >= 15 is 0 Å². The molecule has 0 unspecified atom stereocenters. The zero-order valence-electron chi connectivity index (χ0n) is 11.1. The Morgan fingerprint density at radius 2 is 2.32 bits per heavy atom. The summed E-state index contributed by atoms with van der Waals surface area (Å²) >= 11 is 1.35. The minimum Gasteiger partial charge on any atom is -0.397 e. The second-order valence-corrected chi connectivity index (χ2v) is 5.28. The highest BCUT2D eigenvalue weighted by molar-refractivity contribution is 7.21. The van der Waals surface area contributed by atoms with E-state index < -0.39 is 0 Å². The molecule has 5 heteroatoms. The number of nitrogens with zero attached hydrogens (tertiary/aromatic N) is 2. The third-order valence-corrected chi connectivity index (χ3v) is 4.05. The Kier molecular flexibility index (Phi) is 3.85. The largest absolute Gasteiger partial charge is 0.397 e. The molecule has 2 aromatic heterocycles. The van der Waals surface area contributed by atoms with E-state index in [1.165, 1.54) is 11.3 Å². The number of hydrogen-bond acceptors (Lipinski definition) is 4. The Labute approximate surface area is 116 Å². The lowest BCUT2D eigenvalue weighted by molar-refractivity contribution is 0.0788. The van der Waals surface area contributed by atoms with Gasteiger partial charge in [-0.1, -0.05) is 6.08 Å². The SMILES string of the molecule is C=CCN(CC)C(=O)c1sc2nc(C)ccc2c1N. The molecule has 2 rings (SSSR count). The summed E-state index contributed by atoms with van der Waals surface area (Å²) in [6.07, 6.45) is 1.72. The van der Waals surface area contributed by atoms with E-state index in [2.05, 4.69) is 11.6 Å². The summed E-state index contributed by atoms with van der Waals surface area (Å²) < 4.78 is 0. The Balaban J connectivity index is 2.47. The Bertz CT molecular complexity index is 633. The van der Waals surface area contributed by atoms with Crippen molar-refractivity contribution < 1.29 is 4.79 Å². The summed E-state index contributed by atoms with van der Waals surface area (Å²) in [7, 11) is 0. The predicted octanol–water partition coefficient (Wildman–Crippen LogP) is 2.84. The Hall–Kier alpha value is -1.88. The smallest absolute Gasteiger partial charge is 0.266 e. The molecule has 2 N–H and O–H groups in total. The molecule has 0 aromatic carbocycles. The standard InChI is InChI=1S/C14H17N3OS/c1-4-8-17(5-2)14(18)12-11(15)10-7-6-9(3)16-13(10)19-12/h4,6-7H,1,5,8,15H2,2-3H3. The van der Waals surface area contributed by atoms with Crippen molar-refractivity contribution in [1.29, 1.82) is 0 Å². The average molecular weight is 275 g/mol. The van der Waals surface area contributed by atoms with Crippen LogP contribution in [-0.2, 0) is 0 Å². The fourth-order valence-corrected chi connectivity index (χ4v) is 3.01. The van der Waals surface area contributed by atoms with Crippen LogP contribution in [0.4, 0.5) is 5.69 Å². The molecule has 2 aromatic rings. The van der Waals surface area contributed by atoms with Crippen molar-refractivity contribution in [2.75, 3.05) is 18.8 Å². The van der Waals surface area contributed by atoms with Gasteiger partial charge in [0, 0.05) is 24.2 Å². The summed E-state index contributed by atoms with van der Waals surface area (Å²) in [4.78, 5) is 19.9. The summed E-state index contributed by atoms with van der Waals surface area (Å²) in [6.45, 7) is 8.68. The number of carbonyl (C=O) groups is 1. The van der Waals surface area contributed by atoms with Crippen LogP contribution in [0.3, 0.4) is 0 Å². The number of nitrogen functional groups attached to an aromatic ring is 1. The summed E-state index contributed by atoms with van der Waals surface area (Å²) in [5, 5.41) is 0.855. The summed E-state index contributed by atoms with van der Waals surface area (Å²) in [5.74, 6) is -0.0550. The number of aryl methyl sites for hydroxylation is 1. The number of hydrogen-bond donors (Lipinski definition) is 1. The van der Waals surface area contributed by atoms with Crippen molar-refractivity contribution in [3.8, 4) is 0 Å². The van der Waals surface area contributed by atoms with E-state index in [9.17, 15) is 4.79 Å². The van der Waals surface area contributed by atoms with Crippen LogP contribution in [0.2, 0.25) is 0 Å². The number of likely N-dealkylation sites (N-methyl/N-ethyl adjacent to an activating group) is 1. The molecule has 0 radical (unpaired) electrons. The second-order valence-electron chi connectivity index (χ2n) is 4.28. The van der Waals surface area contributed by atoms with Crippen molar-refractivity contribution in [2.45, 2.75) is 13.8 Å². The van der Waals surface area contributed by atoms with E-state index in [-0.39, 0.29) is 5.91 Å². The lowest BCUT2D eigenvalue weighted by atomic mass is 10.2. The quantitative estimate of drug-likeness (QED) is 0.873. The predicted molar refractivity (Wildman–Crippen MR) is 80.5 cm³/mol. The molecule has 0 saturated carbocycles. The first-order valence-electron chi connectivity index (χ1n) is 6.14. The normalized spacial score (nSPS) is 10.6. The molecule has 100 valence electrons. The molecule has 0 aliphatic carbocycles. The van der Waals surface area contributed by atoms with Gasteiger partial charge in [0.2, 0.25) is 0 Å². The Morgan fingerprint density at radius 1 is 1.58 bits per heavy atom. The van der Waals surface area contributed by atoms with Crippen LogP contribution >= 0.6 is 11.3 Å². The van der Waals surface area contributed by atoms with Gasteiger partial charge in [0.1, 0.15) is 9.71 Å². The topological polar surface area (TPSA) is 59.2 Å². The minimum absolute atomic E-state index is 0.0550. The summed E-state index contributed by atoms with van der Waals surface area (Å²) in [5.41, 5.74) is 7.53. The fourth-order valence-electron chi connectivity index (χ4n) is 1.90. The van der Waals surface area contributed by atoms with E-state index in [0.717, 1.165) is 15.9 Å². The molecule has 0 spiro atoms. The average Bonchev–Trinajstić information content (AvgIpc) is 2.72. The number of aromatic nitrogens is 1. The summed E-state index contributed by atoms with van der Waals surface area (Å²) in [6, 6.07) is 3.82. The zero-order chi connectivity index (χ0) is 14.0. The molecule has 0 bridgehead atoms. The molecule has 0 saturated heterocycles. The first-order valence-corrected chi connectivity index (χ1v) is 6.96. The van der Waals surface area contributed by atoms with E-state index in [1.807, 2.05) is 26.0 Å². The molecule has 0 fully saturated rings. The molecule has 0 aliphatic heterocycles. The van der Waals surface area contributed by atoms with Crippen LogP contribution in [0.5, 0.6) is 0 Å². The van der Waals surface area contributed by atoms with Crippen molar-refractivity contribution in [3.05, 3.63) is 35.4 Å². The number of thiophene rings is 1. The number of pyridine rings is 1. The molecular weight excluding hydrogens is 258 g/mol. The highest BCUT2D eigenvalue weighted by Gasteiger charge is 2.20. The monoisotopic (exact) mass is 275 g/mol. The lowest BCUT2D eigenvalue weighted by Crippen LogP contribution is -2.30. The number of fused-ring (bicyclic) bond motifs is 1. The first-order chi connectivity index (χ1) is 9.08. The van der Waals surface area contributed by atoms with Gasteiger partial charge in [0.05, 0.1) is 5.69 Å². The van der Waals surface area contributed by atoms with Crippen LogP contribution in [0.15, 0.2) is 24.8 Å². The molecule has 1 amide bonds. The van der Waals surface area contributed by atoms with Crippen molar-refractivity contribution in [2.24, 2.45) is 0 Å². The van der Waals surface area contributed by atoms with Crippen molar-refractivity contribution >= 4 is 33.1 Å². The second kappa shape index (κ2) is 5.40. The maximum Gasteiger partial charge on any atom is 0.266 e. The maximum absolute atomic E-state index is 12.4. The lowest BCUT2D eigenvalue weighted by Gasteiger charge is -2.18. The third-order valence-electron chi connectivity index (χ3n) is 2.95. The van der Waals surface area contributed by atoms with Crippen LogP contribution in [0, 0.1) is 6.92 Å². The highest BCUT2D eigenvalue weighted by Crippen LogP contribution is 2.33. The van der Waals surface area contributed by atoms with Gasteiger partial charge in [-0.15, -0.1) is 17.9 Å². The number of rotatable bonds is 4. The van der Waals surface area contributed by atoms with Gasteiger partial charge < -0.3 is 10.6 Å². The van der Waals surface area contributed by atoms with Gasteiger partial charge in [-0.2, -0.15) is 0 Å². The zero-order valence-corrected chi connectivity index (χ0v) is 12.0. The molecule has 19 heavy (non-hydrogen) atoms. The molecule has 0 atom stereocenters. The van der Waals surface area contributed by atoms with Crippen LogP contribution in [-0.4, -0.2) is 28.9 Å².